The van der Waals surface area contributed by atoms with Gasteiger partial charge in [0.1, 0.15) is 0 Å². The molecule has 0 radical (unpaired) electrons. The van der Waals surface area contributed by atoms with Crippen molar-refractivity contribution in [3.05, 3.63) is 48.1 Å². The van der Waals surface area contributed by atoms with Gasteiger partial charge in [-0.15, -0.1) is 0 Å². The molecule has 2 heteroatoms. The van der Waals surface area contributed by atoms with E-state index >= 15 is 0 Å². The summed E-state index contributed by atoms with van der Waals surface area (Å²) < 4.78 is 0. The zero-order chi connectivity index (χ0) is 13.1. The third-order valence-corrected chi connectivity index (χ3v) is 2.51. The zero-order valence-corrected chi connectivity index (χ0v) is 10.9. The van der Waals surface area contributed by atoms with Crippen LogP contribution in [-0.4, -0.2) is 11.4 Å². The van der Waals surface area contributed by atoms with Crippen LogP contribution in [0.3, 0.4) is 0 Å². The average Bonchev–Trinajstić information content (AvgIpc) is 2.29. The standard InChI is InChI=1S/C15H23NO/c1-5-13(2)8-6-9-14(3)10-7-11-15(4)12-16-17/h5,9,11-12,17H,1-2,6-8,10H2,3-4H3/b14-9?,15-11-,16-12?. The van der Waals surface area contributed by atoms with Gasteiger partial charge in [-0.2, -0.15) is 0 Å². The van der Waals surface area contributed by atoms with Crippen molar-refractivity contribution in [3.8, 4) is 0 Å². The second kappa shape index (κ2) is 9.64. The van der Waals surface area contributed by atoms with Crippen molar-refractivity contribution in [3.63, 3.8) is 0 Å². The Bertz CT molecular complexity index is 335. The molecular weight excluding hydrogens is 210 g/mol. The fourth-order valence-corrected chi connectivity index (χ4v) is 1.38. The Morgan fingerprint density at radius 2 is 1.82 bits per heavy atom. The number of hydrogen-bond acceptors (Lipinski definition) is 2. The monoisotopic (exact) mass is 233 g/mol. The molecule has 0 aromatic carbocycles. The van der Waals surface area contributed by atoms with Gasteiger partial charge in [0.25, 0.3) is 0 Å². The minimum Gasteiger partial charge on any atom is -0.411 e. The maximum absolute atomic E-state index is 8.34. The molecule has 17 heavy (non-hydrogen) atoms. The SMILES string of the molecule is C=CC(=C)CCC=C(C)CC/C=C(/C)C=NO. The summed E-state index contributed by atoms with van der Waals surface area (Å²) >= 11 is 0. The number of oxime groups is 1. The van der Waals surface area contributed by atoms with Crippen LogP contribution in [0.4, 0.5) is 0 Å². The molecule has 0 spiro atoms. The highest BCUT2D eigenvalue weighted by Gasteiger charge is 1.91. The van der Waals surface area contributed by atoms with Crippen LogP contribution in [-0.2, 0) is 0 Å². The quantitative estimate of drug-likeness (QED) is 0.214. The predicted molar refractivity (Wildman–Crippen MR) is 75.6 cm³/mol. The van der Waals surface area contributed by atoms with E-state index < -0.39 is 0 Å². The first-order chi connectivity index (χ1) is 8.10. The summed E-state index contributed by atoms with van der Waals surface area (Å²) in [7, 11) is 0. The van der Waals surface area contributed by atoms with E-state index in [1.54, 1.807) is 0 Å². The van der Waals surface area contributed by atoms with E-state index in [2.05, 4.69) is 37.4 Å². The second-order valence-electron chi connectivity index (χ2n) is 4.18. The van der Waals surface area contributed by atoms with E-state index in [-0.39, 0.29) is 0 Å². The lowest BCUT2D eigenvalue weighted by Crippen LogP contribution is -1.81. The molecule has 0 unspecified atom stereocenters. The molecule has 0 rings (SSSR count). The third-order valence-electron chi connectivity index (χ3n) is 2.51. The van der Waals surface area contributed by atoms with Gasteiger partial charge in [-0.25, -0.2) is 0 Å². The van der Waals surface area contributed by atoms with Crippen LogP contribution in [0, 0.1) is 0 Å². The minimum atomic E-state index is 0.975. The number of hydrogen-bond donors (Lipinski definition) is 1. The fourth-order valence-electron chi connectivity index (χ4n) is 1.38. The molecule has 0 saturated carbocycles. The van der Waals surface area contributed by atoms with Crippen molar-refractivity contribution >= 4 is 6.21 Å². The summed E-state index contributed by atoms with van der Waals surface area (Å²) in [6.45, 7) is 11.6. The molecule has 0 bridgehead atoms. The maximum Gasteiger partial charge on any atom is 0.0687 e. The molecule has 0 aliphatic heterocycles. The summed E-state index contributed by atoms with van der Waals surface area (Å²) in [6, 6.07) is 0. The molecule has 0 aliphatic rings. The van der Waals surface area contributed by atoms with Gasteiger partial charge in [0.05, 0.1) is 6.21 Å². The Morgan fingerprint density at radius 3 is 2.41 bits per heavy atom. The Kier molecular flexibility index (Phi) is 8.75. The van der Waals surface area contributed by atoms with Gasteiger partial charge in [-0.1, -0.05) is 47.7 Å². The van der Waals surface area contributed by atoms with Gasteiger partial charge in [0, 0.05) is 0 Å². The van der Waals surface area contributed by atoms with Crippen LogP contribution in [0.2, 0.25) is 0 Å². The van der Waals surface area contributed by atoms with Crippen LogP contribution < -0.4 is 0 Å². The van der Waals surface area contributed by atoms with E-state index in [1.165, 1.54) is 11.8 Å². The lowest BCUT2D eigenvalue weighted by molar-refractivity contribution is 0.321. The van der Waals surface area contributed by atoms with Crippen molar-refractivity contribution in [1.82, 2.24) is 0 Å². The molecule has 0 aromatic rings. The van der Waals surface area contributed by atoms with Gasteiger partial charge in [-0.05, 0) is 45.1 Å². The first-order valence-electron chi connectivity index (χ1n) is 5.90. The molecule has 0 saturated heterocycles. The number of nitrogens with zero attached hydrogens (tertiary/aromatic N) is 1. The summed E-state index contributed by atoms with van der Waals surface area (Å²) in [5, 5.41) is 11.3. The molecule has 0 amide bonds. The third kappa shape index (κ3) is 9.36. The summed E-state index contributed by atoms with van der Waals surface area (Å²) in [6.07, 6.45) is 11.6. The first-order valence-corrected chi connectivity index (χ1v) is 5.90. The van der Waals surface area contributed by atoms with E-state index in [0.29, 0.717) is 0 Å². The van der Waals surface area contributed by atoms with Gasteiger partial charge in [-0.3, -0.25) is 0 Å². The van der Waals surface area contributed by atoms with E-state index in [4.69, 9.17) is 5.21 Å². The Labute approximate surface area is 105 Å². The maximum atomic E-state index is 8.34. The normalized spacial score (nSPS) is 13.1. The molecule has 1 N–H and O–H groups in total. The van der Waals surface area contributed by atoms with Crippen molar-refractivity contribution in [2.24, 2.45) is 5.16 Å². The molecule has 0 atom stereocenters. The molecule has 2 nitrogen and oxygen atoms in total. The Hall–Kier alpha value is -1.57. The van der Waals surface area contributed by atoms with Crippen LogP contribution in [0.1, 0.15) is 39.5 Å². The largest absolute Gasteiger partial charge is 0.411 e. The summed E-state index contributed by atoms with van der Waals surface area (Å²) in [5.74, 6) is 0. The van der Waals surface area contributed by atoms with Gasteiger partial charge < -0.3 is 5.21 Å². The van der Waals surface area contributed by atoms with Crippen LogP contribution in [0.25, 0.3) is 0 Å². The molecular formula is C15H23NO. The van der Waals surface area contributed by atoms with Crippen LogP contribution in [0.5, 0.6) is 0 Å². The number of allylic oxidation sites excluding steroid dienone is 6. The van der Waals surface area contributed by atoms with Gasteiger partial charge in [0.15, 0.2) is 0 Å². The fraction of sp³-hybridized carbons (Fsp3) is 0.400. The van der Waals surface area contributed by atoms with Crippen molar-refractivity contribution < 1.29 is 5.21 Å². The predicted octanol–water partition coefficient (Wildman–Crippen LogP) is 4.64. The van der Waals surface area contributed by atoms with Crippen molar-refractivity contribution in [2.45, 2.75) is 39.5 Å². The summed E-state index contributed by atoms with van der Waals surface area (Å²) in [4.78, 5) is 0. The molecule has 0 aliphatic carbocycles. The lowest BCUT2D eigenvalue weighted by Gasteiger charge is -2.00. The van der Waals surface area contributed by atoms with E-state index in [0.717, 1.165) is 36.8 Å². The molecule has 0 heterocycles. The molecule has 0 aromatic heterocycles. The molecule has 94 valence electrons. The van der Waals surface area contributed by atoms with Crippen LogP contribution in [0.15, 0.2) is 53.3 Å². The highest BCUT2D eigenvalue weighted by Crippen LogP contribution is 2.10. The van der Waals surface area contributed by atoms with Gasteiger partial charge in [0.2, 0.25) is 0 Å². The summed E-state index contributed by atoms with van der Waals surface area (Å²) in [5.41, 5.74) is 3.45. The topological polar surface area (TPSA) is 32.6 Å². The Morgan fingerprint density at radius 1 is 1.18 bits per heavy atom. The lowest BCUT2D eigenvalue weighted by atomic mass is 10.1. The average molecular weight is 233 g/mol. The van der Waals surface area contributed by atoms with Crippen molar-refractivity contribution in [1.29, 1.82) is 0 Å². The first kappa shape index (κ1) is 15.4. The minimum absolute atomic E-state index is 0.975. The van der Waals surface area contributed by atoms with Crippen molar-refractivity contribution in [2.75, 3.05) is 0 Å². The van der Waals surface area contributed by atoms with E-state index in [1.807, 2.05) is 13.0 Å². The Balaban J connectivity index is 3.89. The smallest absolute Gasteiger partial charge is 0.0687 e. The second-order valence-corrected chi connectivity index (χ2v) is 4.18. The van der Waals surface area contributed by atoms with Crippen LogP contribution >= 0.6 is 0 Å². The highest BCUT2D eigenvalue weighted by atomic mass is 16.4. The molecule has 0 fully saturated rings. The highest BCUT2D eigenvalue weighted by molar-refractivity contribution is 5.76. The number of rotatable bonds is 8. The van der Waals surface area contributed by atoms with Gasteiger partial charge >= 0.3 is 0 Å². The zero-order valence-electron chi connectivity index (χ0n) is 10.9. The van der Waals surface area contributed by atoms with E-state index in [9.17, 15) is 0 Å².